The molecule has 27 heavy (non-hydrogen) atoms. The lowest BCUT2D eigenvalue weighted by molar-refractivity contribution is 0.0491. The van der Waals surface area contributed by atoms with Crippen LogP contribution >= 0.6 is 0 Å². The first-order valence-corrected chi connectivity index (χ1v) is 9.42. The summed E-state index contributed by atoms with van der Waals surface area (Å²) in [4.78, 5) is 13.8. The van der Waals surface area contributed by atoms with E-state index in [4.69, 9.17) is 4.74 Å². The average molecular weight is 371 g/mol. The normalized spacial score (nSPS) is 14.9. The number of methoxy groups -OCH3 is 1. The van der Waals surface area contributed by atoms with Gasteiger partial charge in [0.25, 0.3) is 0 Å². The molecule has 0 bridgehead atoms. The molecule has 7 nitrogen and oxygen atoms in total. The number of likely N-dealkylation sites (N-methyl/N-ethyl adjacent to an activating group) is 2. The minimum Gasteiger partial charge on any atom is -0.496 e. The number of aromatic nitrogens is 2. The van der Waals surface area contributed by atoms with Crippen LogP contribution in [0.1, 0.15) is 18.2 Å². The van der Waals surface area contributed by atoms with Gasteiger partial charge in [-0.05, 0) is 38.7 Å². The Balaban J connectivity index is 1.74. The molecule has 2 heterocycles. The van der Waals surface area contributed by atoms with Crippen LogP contribution in [0.5, 0.6) is 5.75 Å². The van der Waals surface area contributed by atoms with Crippen LogP contribution in [-0.2, 0) is 6.54 Å². The molecule has 0 unspecified atom stereocenters. The quantitative estimate of drug-likeness (QED) is 0.741. The Hall–Kier alpha value is -2.38. The fourth-order valence-corrected chi connectivity index (χ4v) is 3.34. The predicted octanol–water partition coefficient (Wildman–Crippen LogP) is 2.71. The summed E-state index contributed by atoms with van der Waals surface area (Å²) in [6.45, 7) is 8.41. The lowest BCUT2D eigenvalue weighted by atomic mass is 10.1. The standard InChI is InChI=1S/C20H30N6O/c1-6-26-12-17(13-26)25(4)11-15-10-16(7-8-18(15)27-5)23-20-22-14(2)9-19(21-3)24-20/h7-10,17H,6,11-13H2,1-5H3,(H2,21,22,23,24). The molecule has 0 spiro atoms. The zero-order chi connectivity index (χ0) is 19.4. The summed E-state index contributed by atoms with van der Waals surface area (Å²) in [5.74, 6) is 2.28. The van der Waals surface area contributed by atoms with Crippen molar-refractivity contribution in [1.29, 1.82) is 0 Å². The number of aryl methyl sites for hydroxylation is 1. The van der Waals surface area contributed by atoms with Gasteiger partial charge >= 0.3 is 0 Å². The average Bonchev–Trinajstić information content (AvgIpc) is 2.60. The fourth-order valence-electron chi connectivity index (χ4n) is 3.34. The van der Waals surface area contributed by atoms with Gasteiger partial charge in [-0.1, -0.05) is 6.92 Å². The molecule has 2 aromatic rings. The molecule has 1 fully saturated rings. The second-order valence-corrected chi connectivity index (χ2v) is 7.04. The number of likely N-dealkylation sites (tertiary alicyclic amines) is 1. The molecule has 3 rings (SSSR count). The number of nitrogens with zero attached hydrogens (tertiary/aromatic N) is 4. The molecular weight excluding hydrogens is 340 g/mol. The van der Waals surface area contributed by atoms with Crippen LogP contribution in [0.25, 0.3) is 0 Å². The highest BCUT2D eigenvalue weighted by molar-refractivity contribution is 5.58. The maximum absolute atomic E-state index is 5.57. The summed E-state index contributed by atoms with van der Waals surface area (Å²) in [5.41, 5.74) is 3.02. The van der Waals surface area contributed by atoms with Gasteiger partial charge in [-0.2, -0.15) is 4.98 Å². The van der Waals surface area contributed by atoms with Gasteiger partial charge in [0.15, 0.2) is 0 Å². The largest absolute Gasteiger partial charge is 0.496 e. The van der Waals surface area contributed by atoms with E-state index >= 15 is 0 Å². The first-order valence-electron chi connectivity index (χ1n) is 9.42. The highest BCUT2D eigenvalue weighted by Gasteiger charge is 2.28. The Labute approximate surface area is 161 Å². The Morgan fingerprint density at radius 2 is 2.04 bits per heavy atom. The van der Waals surface area contributed by atoms with Crippen LogP contribution in [0.4, 0.5) is 17.5 Å². The molecule has 0 atom stereocenters. The van der Waals surface area contributed by atoms with Crippen molar-refractivity contribution in [2.75, 3.05) is 51.5 Å². The number of rotatable bonds is 8. The van der Waals surface area contributed by atoms with Crippen LogP contribution in [-0.4, -0.2) is 66.6 Å². The summed E-state index contributed by atoms with van der Waals surface area (Å²) >= 11 is 0. The van der Waals surface area contributed by atoms with Crippen molar-refractivity contribution in [1.82, 2.24) is 19.8 Å². The zero-order valence-electron chi connectivity index (χ0n) is 16.9. The maximum Gasteiger partial charge on any atom is 0.229 e. The number of benzene rings is 1. The summed E-state index contributed by atoms with van der Waals surface area (Å²) < 4.78 is 5.57. The maximum atomic E-state index is 5.57. The van der Waals surface area contributed by atoms with Crippen LogP contribution in [0, 0.1) is 6.92 Å². The third-order valence-electron chi connectivity index (χ3n) is 5.08. The van der Waals surface area contributed by atoms with E-state index in [-0.39, 0.29) is 0 Å². The van der Waals surface area contributed by atoms with E-state index in [0.717, 1.165) is 54.7 Å². The van der Waals surface area contributed by atoms with Gasteiger partial charge in [0, 0.05) is 55.7 Å². The van der Waals surface area contributed by atoms with Crippen LogP contribution in [0.15, 0.2) is 24.3 Å². The van der Waals surface area contributed by atoms with Crippen molar-refractivity contribution in [3.8, 4) is 5.75 Å². The number of anilines is 3. The number of hydrogen-bond donors (Lipinski definition) is 2. The predicted molar refractivity (Wildman–Crippen MR) is 110 cm³/mol. The minimum absolute atomic E-state index is 0.585. The highest BCUT2D eigenvalue weighted by Crippen LogP contribution is 2.27. The molecule has 1 aromatic heterocycles. The minimum atomic E-state index is 0.585. The van der Waals surface area contributed by atoms with E-state index in [1.807, 2.05) is 32.2 Å². The molecule has 146 valence electrons. The van der Waals surface area contributed by atoms with E-state index in [1.54, 1.807) is 7.11 Å². The Morgan fingerprint density at radius 3 is 2.70 bits per heavy atom. The van der Waals surface area contributed by atoms with Crippen molar-refractivity contribution in [2.45, 2.75) is 26.4 Å². The summed E-state index contributed by atoms with van der Waals surface area (Å²) in [7, 11) is 5.75. The van der Waals surface area contributed by atoms with Gasteiger partial charge in [-0.15, -0.1) is 0 Å². The van der Waals surface area contributed by atoms with Crippen LogP contribution < -0.4 is 15.4 Å². The molecule has 1 saturated heterocycles. The van der Waals surface area contributed by atoms with Gasteiger partial charge in [0.1, 0.15) is 11.6 Å². The van der Waals surface area contributed by atoms with Gasteiger partial charge in [-0.25, -0.2) is 4.98 Å². The zero-order valence-corrected chi connectivity index (χ0v) is 16.9. The molecule has 0 amide bonds. The van der Waals surface area contributed by atoms with E-state index < -0.39 is 0 Å². The molecule has 0 aliphatic carbocycles. The molecule has 2 N–H and O–H groups in total. The topological polar surface area (TPSA) is 65.5 Å². The molecule has 0 radical (unpaired) electrons. The van der Waals surface area contributed by atoms with Crippen molar-refractivity contribution in [2.24, 2.45) is 0 Å². The summed E-state index contributed by atoms with van der Waals surface area (Å²) in [6, 6.07) is 8.63. The van der Waals surface area contributed by atoms with Crippen molar-refractivity contribution >= 4 is 17.5 Å². The molecule has 0 saturated carbocycles. The van der Waals surface area contributed by atoms with E-state index in [0.29, 0.717) is 12.0 Å². The third-order valence-corrected chi connectivity index (χ3v) is 5.08. The van der Waals surface area contributed by atoms with E-state index in [1.165, 1.54) is 0 Å². The monoisotopic (exact) mass is 370 g/mol. The van der Waals surface area contributed by atoms with E-state index in [2.05, 4.69) is 50.4 Å². The number of hydrogen-bond acceptors (Lipinski definition) is 7. The van der Waals surface area contributed by atoms with Gasteiger partial charge < -0.3 is 20.3 Å². The SMILES string of the molecule is CCN1CC(N(C)Cc2cc(Nc3nc(C)cc(NC)n3)ccc2OC)C1. The van der Waals surface area contributed by atoms with Crippen molar-refractivity contribution in [3.05, 3.63) is 35.5 Å². The second kappa shape index (κ2) is 8.54. The molecule has 1 aliphatic rings. The van der Waals surface area contributed by atoms with E-state index in [9.17, 15) is 0 Å². The van der Waals surface area contributed by atoms with Gasteiger partial charge in [0.05, 0.1) is 7.11 Å². The van der Waals surface area contributed by atoms with Crippen LogP contribution in [0.2, 0.25) is 0 Å². The highest BCUT2D eigenvalue weighted by atomic mass is 16.5. The molecular formula is C20H30N6O. The third kappa shape index (κ3) is 4.67. The molecule has 1 aliphatic heterocycles. The Morgan fingerprint density at radius 1 is 1.26 bits per heavy atom. The van der Waals surface area contributed by atoms with Crippen molar-refractivity contribution in [3.63, 3.8) is 0 Å². The summed E-state index contributed by atoms with van der Waals surface area (Å²) in [5, 5.41) is 6.37. The Bertz CT molecular complexity index is 775. The second-order valence-electron chi connectivity index (χ2n) is 7.04. The van der Waals surface area contributed by atoms with Gasteiger partial charge in [0.2, 0.25) is 5.95 Å². The van der Waals surface area contributed by atoms with Crippen LogP contribution in [0.3, 0.4) is 0 Å². The fraction of sp³-hybridized carbons (Fsp3) is 0.500. The first-order chi connectivity index (χ1) is 13.0. The lowest BCUT2D eigenvalue weighted by Crippen LogP contribution is -2.57. The number of ether oxygens (including phenoxy) is 1. The van der Waals surface area contributed by atoms with Crippen molar-refractivity contribution < 1.29 is 4.74 Å². The Kier molecular flexibility index (Phi) is 6.13. The molecule has 1 aromatic carbocycles. The number of nitrogens with one attached hydrogen (secondary N) is 2. The smallest absolute Gasteiger partial charge is 0.229 e. The first kappa shape index (κ1) is 19.4. The lowest BCUT2D eigenvalue weighted by Gasteiger charge is -2.43. The van der Waals surface area contributed by atoms with Gasteiger partial charge in [-0.3, -0.25) is 4.90 Å². The summed E-state index contributed by atoms with van der Waals surface area (Å²) in [6.07, 6.45) is 0. The molecule has 7 heteroatoms.